The fourth-order valence-electron chi connectivity index (χ4n) is 2.15. The van der Waals surface area contributed by atoms with Crippen molar-refractivity contribution in [3.63, 3.8) is 0 Å². The van der Waals surface area contributed by atoms with Gasteiger partial charge in [-0.05, 0) is 31.0 Å². The molecule has 0 unspecified atom stereocenters. The van der Waals surface area contributed by atoms with Crippen LogP contribution in [0.25, 0.3) is 0 Å². The van der Waals surface area contributed by atoms with Crippen molar-refractivity contribution >= 4 is 17.4 Å². The number of carbonyl (C=O) groups is 1. The van der Waals surface area contributed by atoms with Gasteiger partial charge >= 0.3 is 0 Å². The molecule has 3 nitrogen and oxygen atoms in total. The smallest absolute Gasteiger partial charge is 0.172 e. The van der Waals surface area contributed by atoms with Crippen LogP contribution in [0.2, 0.25) is 5.02 Å². The van der Waals surface area contributed by atoms with Crippen LogP contribution in [0.3, 0.4) is 0 Å². The summed E-state index contributed by atoms with van der Waals surface area (Å²) in [6, 6.07) is 5.00. The Bertz CT molecular complexity index is 433. The molecule has 1 aliphatic rings. The van der Waals surface area contributed by atoms with E-state index in [1.54, 1.807) is 25.3 Å². The Morgan fingerprint density at radius 2 is 2.24 bits per heavy atom. The highest BCUT2D eigenvalue weighted by molar-refractivity contribution is 6.34. The molecule has 1 N–H and O–H groups in total. The molecular formula is C13H15ClO3. The Morgan fingerprint density at radius 3 is 2.65 bits per heavy atom. The molecule has 2 rings (SSSR count). The number of carbonyl (C=O) groups excluding carboxylic acids is 1. The number of Topliss-reactive ketones (excluding diaryl/α,β-unsaturated/α-hetero) is 1. The molecule has 0 radical (unpaired) electrons. The predicted octanol–water partition coefficient (Wildman–Crippen LogP) is 2.69. The van der Waals surface area contributed by atoms with E-state index in [0.29, 0.717) is 16.3 Å². The zero-order valence-electron chi connectivity index (χ0n) is 9.70. The van der Waals surface area contributed by atoms with Crippen LogP contribution in [-0.2, 0) is 0 Å². The lowest BCUT2D eigenvalue weighted by molar-refractivity contribution is 0.0348. The molecule has 0 aromatic heterocycles. The van der Waals surface area contributed by atoms with Crippen LogP contribution >= 0.6 is 11.6 Å². The number of aliphatic hydroxyl groups excluding tert-OH is 1. The minimum atomic E-state index is -0.599. The van der Waals surface area contributed by atoms with E-state index in [1.165, 1.54) is 0 Å². The SMILES string of the molecule is COc1ccc(C(=O)C2(CO)CCC2)c(Cl)c1. The van der Waals surface area contributed by atoms with Gasteiger partial charge in [0.2, 0.25) is 0 Å². The third kappa shape index (κ3) is 2.05. The number of ether oxygens (including phenoxy) is 1. The molecule has 1 saturated carbocycles. The molecule has 0 atom stereocenters. The quantitative estimate of drug-likeness (QED) is 0.841. The first kappa shape index (κ1) is 12.4. The first-order chi connectivity index (χ1) is 8.13. The van der Waals surface area contributed by atoms with Gasteiger partial charge in [0, 0.05) is 5.56 Å². The number of benzene rings is 1. The summed E-state index contributed by atoms with van der Waals surface area (Å²) < 4.78 is 5.04. The topological polar surface area (TPSA) is 46.5 Å². The van der Waals surface area contributed by atoms with E-state index in [4.69, 9.17) is 16.3 Å². The van der Waals surface area contributed by atoms with E-state index >= 15 is 0 Å². The number of hydrogen-bond acceptors (Lipinski definition) is 3. The average Bonchev–Trinajstić information content (AvgIpc) is 2.28. The number of aliphatic hydroxyl groups is 1. The molecule has 1 fully saturated rings. The van der Waals surface area contributed by atoms with Gasteiger partial charge in [-0.1, -0.05) is 18.0 Å². The number of ketones is 1. The van der Waals surface area contributed by atoms with Crippen LogP contribution < -0.4 is 4.74 Å². The van der Waals surface area contributed by atoms with Crippen molar-refractivity contribution in [1.82, 2.24) is 0 Å². The third-order valence-corrected chi connectivity index (χ3v) is 3.83. The van der Waals surface area contributed by atoms with E-state index in [9.17, 15) is 9.90 Å². The van der Waals surface area contributed by atoms with Gasteiger partial charge in [-0.15, -0.1) is 0 Å². The number of halogens is 1. The van der Waals surface area contributed by atoms with E-state index in [0.717, 1.165) is 19.3 Å². The molecule has 0 bridgehead atoms. The Labute approximate surface area is 105 Å². The van der Waals surface area contributed by atoms with Crippen LogP contribution in [-0.4, -0.2) is 24.6 Å². The van der Waals surface area contributed by atoms with E-state index in [2.05, 4.69) is 0 Å². The molecular weight excluding hydrogens is 240 g/mol. The van der Waals surface area contributed by atoms with Gasteiger partial charge < -0.3 is 9.84 Å². The molecule has 0 amide bonds. The Morgan fingerprint density at radius 1 is 1.53 bits per heavy atom. The van der Waals surface area contributed by atoms with Gasteiger partial charge in [-0.25, -0.2) is 0 Å². The molecule has 17 heavy (non-hydrogen) atoms. The maximum Gasteiger partial charge on any atom is 0.172 e. The van der Waals surface area contributed by atoms with Gasteiger partial charge in [0.15, 0.2) is 5.78 Å². The van der Waals surface area contributed by atoms with Crippen molar-refractivity contribution in [2.24, 2.45) is 5.41 Å². The van der Waals surface area contributed by atoms with Gasteiger partial charge in [0.1, 0.15) is 5.75 Å². The lowest BCUT2D eigenvalue weighted by atomic mass is 9.65. The Kier molecular flexibility index (Phi) is 3.40. The van der Waals surface area contributed by atoms with Crippen LogP contribution in [0.1, 0.15) is 29.6 Å². The average molecular weight is 255 g/mol. The summed E-state index contributed by atoms with van der Waals surface area (Å²) in [4.78, 5) is 12.3. The molecule has 0 heterocycles. The summed E-state index contributed by atoms with van der Waals surface area (Å²) in [7, 11) is 1.55. The second kappa shape index (κ2) is 4.67. The maximum absolute atomic E-state index is 12.3. The molecule has 0 spiro atoms. The molecule has 4 heteroatoms. The third-order valence-electron chi connectivity index (χ3n) is 3.52. The monoisotopic (exact) mass is 254 g/mol. The number of rotatable bonds is 4. The van der Waals surface area contributed by atoms with Gasteiger partial charge in [-0.3, -0.25) is 4.79 Å². The van der Waals surface area contributed by atoms with Crippen molar-refractivity contribution in [2.45, 2.75) is 19.3 Å². The van der Waals surface area contributed by atoms with Crippen LogP contribution in [0.5, 0.6) is 5.75 Å². The lowest BCUT2D eigenvalue weighted by Gasteiger charge is -2.38. The molecule has 0 aliphatic heterocycles. The summed E-state index contributed by atoms with van der Waals surface area (Å²) in [5, 5.41) is 9.75. The number of hydrogen-bond donors (Lipinski definition) is 1. The van der Waals surface area contributed by atoms with E-state index in [1.807, 2.05) is 0 Å². The molecule has 1 aromatic rings. The molecule has 1 aromatic carbocycles. The fourth-order valence-corrected chi connectivity index (χ4v) is 2.41. The largest absolute Gasteiger partial charge is 0.497 e. The van der Waals surface area contributed by atoms with Crippen LogP contribution in [0, 0.1) is 5.41 Å². The molecule has 92 valence electrons. The summed E-state index contributed by atoms with van der Waals surface area (Å²) in [6.07, 6.45) is 2.47. The first-order valence-electron chi connectivity index (χ1n) is 5.62. The van der Waals surface area contributed by atoms with Gasteiger partial charge in [0.05, 0.1) is 24.2 Å². The number of methoxy groups -OCH3 is 1. The summed E-state index contributed by atoms with van der Waals surface area (Å²) in [5.74, 6) is 0.567. The van der Waals surface area contributed by atoms with Gasteiger partial charge in [0.25, 0.3) is 0 Å². The Balaban J connectivity index is 2.31. The highest BCUT2D eigenvalue weighted by Crippen LogP contribution is 2.44. The molecule has 0 saturated heterocycles. The van der Waals surface area contributed by atoms with Crippen molar-refractivity contribution in [1.29, 1.82) is 0 Å². The zero-order chi connectivity index (χ0) is 12.5. The Hall–Kier alpha value is -1.06. The van der Waals surface area contributed by atoms with E-state index < -0.39 is 5.41 Å². The highest BCUT2D eigenvalue weighted by Gasteiger charge is 2.44. The van der Waals surface area contributed by atoms with Gasteiger partial charge in [-0.2, -0.15) is 0 Å². The summed E-state index contributed by atoms with van der Waals surface area (Å²) >= 11 is 6.06. The normalized spacial score (nSPS) is 17.4. The summed E-state index contributed by atoms with van der Waals surface area (Å²) in [5.41, 5.74) is -0.126. The fraction of sp³-hybridized carbons (Fsp3) is 0.462. The maximum atomic E-state index is 12.3. The minimum Gasteiger partial charge on any atom is -0.497 e. The lowest BCUT2D eigenvalue weighted by Crippen LogP contribution is -2.41. The van der Waals surface area contributed by atoms with Crippen LogP contribution in [0.4, 0.5) is 0 Å². The zero-order valence-corrected chi connectivity index (χ0v) is 10.5. The van der Waals surface area contributed by atoms with E-state index in [-0.39, 0.29) is 12.4 Å². The van der Waals surface area contributed by atoms with Crippen molar-refractivity contribution in [2.75, 3.05) is 13.7 Å². The highest BCUT2D eigenvalue weighted by atomic mass is 35.5. The second-order valence-corrected chi connectivity index (χ2v) is 4.87. The van der Waals surface area contributed by atoms with Crippen LogP contribution in [0.15, 0.2) is 18.2 Å². The predicted molar refractivity (Wildman–Crippen MR) is 65.7 cm³/mol. The van der Waals surface area contributed by atoms with Crippen molar-refractivity contribution < 1.29 is 14.6 Å². The standard InChI is InChI=1S/C13H15ClO3/c1-17-9-3-4-10(11(14)7-9)12(16)13(8-15)5-2-6-13/h3-4,7,15H,2,5-6,8H2,1H3. The molecule has 1 aliphatic carbocycles. The minimum absolute atomic E-state index is 0.0566. The first-order valence-corrected chi connectivity index (χ1v) is 6.00. The van der Waals surface area contributed by atoms with Crippen molar-refractivity contribution in [3.8, 4) is 5.75 Å². The van der Waals surface area contributed by atoms with Crippen molar-refractivity contribution in [3.05, 3.63) is 28.8 Å². The summed E-state index contributed by atoms with van der Waals surface area (Å²) in [6.45, 7) is -0.103. The second-order valence-electron chi connectivity index (χ2n) is 4.47.